The minimum absolute atomic E-state index is 0.211. The third kappa shape index (κ3) is 5.38. The van der Waals surface area contributed by atoms with E-state index in [4.69, 9.17) is 15.5 Å². The van der Waals surface area contributed by atoms with Crippen LogP contribution in [0.15, 0.2) is 29.3 Å². The molecule has 10 heteroatoms. The molecular weight excluding hydrogens is 454 g/mol. The quantitative estimate of drug-likeness (QED) is 0.662. The Balaban J connectivity index is 1.45. The molecule has 2 heterocycles. The average molecular weight is 486 g/mol. The van der Waals surface area contributed by atoms with Gasteiger partial charge in [0, 0.05) is 12.0 Å². The summed E-state index contributed by atoms with van der Waals surface area (Å²) in [6, 6.07) is 8.36. The van der Waals surface area contributed by atoms with Gasteiger partial charge in [-0.25, -0.2) is 18.4 Å². The van der Waals surface area contributed by atoms with Crippen LogP contribution in [0.1, 0.15) is 68.8 Å². The second-order valence-electron chi connectivity index (χ2n) is 9.72. The zero-order valence-electron chi connectivity index (χ0n) is 20.0. The summed E-state index contributed by atoms with van der Waals surface area (Å²) in [5.74, 6) is 1.44. The van der Waals surface area contributed by atoms with E-state index in [1.54, 1.807) is 6.92 Å². The van der Waals surface area contributed by atoms with E-state index in [9.17, 15) is 13.2 Å². The zero-order valence-corrected chi connectivity index (χ0v) is 20.8. The number of carbonyl (C=O) groups excluding carboxylic acids is 1. The van der Waals surface area contributed by atoms with Gasteiger partial charge in [-0.1, -0.05) is 24.3 Å². The van der Waals surface area contributed by atoms with Crippen LogP contribution in [0.4, 0.5) is 11.5 Å². The third-order valence-electron chi connectivity index (χ3n) is 6.41. The van der Waals surface area contributed by atoms with Crippen LogP contribution in [0, 0.1) is 12.8 Å². The number of fused-ring (bicyclic) bond motifs is 1. The highest BCUT2D eigenvalue weighted by Crippen LogP contribution is 2.40. The van der Waals surface area contributed by atoms with Crippen molar-refractivity contribution in [2.24, 2.45) is 10.9 Å². The number of hydrogen-bond donors (Lipinski definition) is 2. The highest BCUT2D eigenvalue weighted by molar-refractivity contribution is 7.89. The van der Waals surface area contributed by atoms with E-state index >= 15 is 0 Å². The maximum atomic E-state index is 11.9. The Morgan fingerprint density at radius 2 is 1.79 bits per heavy atom. The number of nitrogens with one attached hydrogen (secondary N) is 1. The number of ether oxygens (including phenoxy) is 1. The molecule has 0 unspecified atom stereocenters. The van der Waals surface area contributed by atoms with Gasteiger partial charge in [-0.2, -0.15) is 4.98 Å². The van der Waals surface area contributed by atoms with Crippen molar-refractivity contribution >= 4 is 33.1 Å². The summed E-state index contributed by atoms with van der Waals surface area (Å²) in [7, 11) is -3.50. The third-order valence-corrected chi connectivity index (χ3v) is 7.01. The fraction of sp³-hybridized carbons (Fsp3) is 0.500. The molecular formula is C24H31N5O4S. The van der Waals surface area contributed by atoms with Crippen molar-refractivity contribution in [2.75, 3.05) is 12.0 Å². The smallest absolute Gasteiger partial charge is 0.246 e. The maximum Gasteiger partial charge on any atom is 0.246 e. The molecule has 0 spiro atoms. The number of amides is 1. The molecule has 1 aliphatic heterocycles. The predicted octanol–water partition coefficient (Wildman–Crippen LogP) is 3.40. The molecule has 1 aromatic heterocycles. The zero-order chi connectivity index (χ0) is 24.7. The molecule has 0 atom stereocenters. The summed E-state index contributed by atoms with van der Waals surface area (Å²) in [6.07, 6.45) is 4.97. The first-order valence-electron chi connectivity index (χ1n) is 11.4. The van der Waals surface area contributed by atoms with E-state index in [-0.39, 0.29) is 12.3 Å². The van der Waals surface area contributed by atoms with Gasteiger partial charge in [-0.3, -0.25) is 9.52 Å². The van der Waals surface area contributed by atoms with Crippen molar-refractivity contribution in [1.82, 2.24) is 14.7 Å². The Morgan fingerprint density at radius 1 is 1.15 bits per heavy atom. The number of aryl methyl sites for hydroxylation is 1. The molecule has 1 saturated carbocycles. The summed E-state index contributed by atoms with van der Waals surface area (Å²) in [6.45, 7) is 5.68. The first-order chi connectivity index (χ1) is 15.9. The number of anilines is 1. The van der Waals surface area contributed by atoms with Gasteiger partial charge < -0.3 is 10.5 Å². The Morgan fingerprint density at radius 3 is 2.41 bits per heavy atom. The molecule has 0 bridgehead atoms. The van der Waals surface area contributed by atoms with Gasteiger partial charge >= 0.3 is 0 Å². The molecule has 1 aliphatic carbocycles. The lowest BCUT2D eigenvalue weighted by atomic mass is 9.77. The normalized spacial score (nSPS) is 21.7. The summed E-state index contributed by atoms with van der Waals surface area (Å²) in [4.78, 5) is 25.2. The van der Waals surface area contributed by atoms with Crippen LogP contribution in [0.2, 0.25) is 0 Å². The highest BCUT2D eigenvalue weighted by Gasteiger charge is 2.35. The molecule has 9 nitrogen and oxygen atoms in total. The second kappa shape index (κ2) is 8.98. The fourth-order valence-electron chi connectivity index (χ4n) is 4.81. The lowest BCUT2D eigenvalue weighted by molar-refractivity contribution is -0.120. The first-order valence-corrected chi connectivity index (χ1v) is 13.3. The molecule has 34 heavy (non-hydrogen) atoms. The maximum absolute atomic E-state index is 11.9. The van der Waals surface area contributed by atoms with Crippen LogP contribution < -0.4 is 15.2 Å². The average Bonchev–Trinajstić information content (AvgIpc) is 2.72. The first kappa shape index (κ1) is 24.1. The molecule has 4 rings (SSSR count). The van der Waals surface area contributed by atoms with Crippen molar-refractivity contribution in [3.8, 4) is 5.88 Å². The molecule has 0 saturated heterocycles. The van der Waals surface area contributed by atoms with E-state index in [1.165, 1.54) is 5.56 Å². The summed E-state index contributed by atoms with van der Waals surface area (Å²) < 4.78 is 30.7. The highest BCUT2D eigenvalue weighted by atomic mass is 32.2. The van der Waals surface area contributed by atoms with Crippen LogP contribution in [-0.2, 0) is 14.8 Å². The molecule has 1 amide bonds. The number of nitrogen functional groups attached to an aromatic ring is 1. The summed E-state index contributed by atoms with van der Waals surface area (Å²) >= 11 is 0. The number of rotatable bonds is 5. The number of nitrogens with zero attached hydrogens (tertiary/aromatic N) is 3. The number of carbonyl (C=O) groups is 1. The SMILES string of the molecule is Cc1nc(N)c2c(n1)OC(C)(C)C(c1ccc(C3CCC(CC(=O)NS(C)(=O)=O)CC3)cc1)=N2. The van der Waals surface area contributed by atoms with Crippen LogP contribution in [-0.4, -0.2) is 41.9 Å². The topological polar surface area (TPSA) is 137 Å². The van der Waals surface area contributed by atoms with E-state index in [2.05, 4.69) is 39.0 Å². The fourth-order valence-corrected chi connectivity index (χ4v) is 5.31. The van der Waals surface area contributed by atoms with Crippen molar-refractivity contribution in [1.29, 1.82) is 0 Å². The Bertz CT molecular complexity index is 1230. The number of benzene rings is 1. The van der Waals surface area contributed by atoms with Gasteiger partial charge in [0.2, 0.25) is 21.8 Å². The largest absolute Gasteiger partial charge is 0.463 e. The van der Waals surface area contributed by atoms with Crippen molar-refractivity contribution in [2.45, 2.75) is 64.4 Å². The van der Waals surface area contributed by atoms with Crippen molar-refractivity contribution in [3.05, 3.63) is 41.2 Å². The van der Waals surface area contributed by atoms with Gasteiger partial charge in [0.1, 0.15) is 11.4 Å². The van der Waals surface area contributed by atoms with Crippen molar-refractivity contribution < 1.29 is 17.9 Å². The van der Waals surface area contributed by atoms with Crippen LogP contribution in [0.3, 0.4) is 0 Å². The van der Waals surface area contributed by atoms with Gasteiger partial charge in [0.05, 0.1) is 12.0 Å². The summed E-state index contributed by atoms with van der Waals surface area (Å²) in [5.41, 5.74) is 8.82. The van der Waals surface area contributed by atoms with Crippen LogP contribution in [0.5, 0.6) is 5.88 Å². The molecule has 1 fully saturated rings. The standard InChI is InChI=1S/C24H31N5O4S/c1-14-26-22(25)20-23(27-14)33-24(2,3)21(28-20)18-11-9-17(10-12-18)16-7-5-15(6-8-16)13-19(30)29-34(4,31)32/h9-12,15-16H,5-8,13H2,1-4H3,(H,29,30)(H2,25,26,27). The van der Waals surface area contributed by atoms with Crippen LogP contribution >= 0.6 is 0 Å². The molecule has 2 aromatic rings. The Hall–Kier alpha value is -3.01. The molecule has 0 radical (unpaired) electrons. The second-order valence-corrected chi connectivity index (χ2v) is 11.5. The van der Waals surface area contributed by atoms with Crippen molar-refractivity contribution in [3.63, 3.8) is 0 Å². The molecule has 3 N–H and O–H groups in total. The Kier molecular flexibility index (Phi) is 6.37. The Labute approximate surface area is 200 Å². The predicted molar refractivity (Wildman–Crippen MR) is 131 cm³/mol. The number of aliphatic imine (C=N–C) groups is 1. The number of nitrogens with two attached hydrogens (primary N) is 1. The summed E-state index contributed by atoms with van der Waals surface area (Å²) in [5, 5.41) is 0. The molecule has 2 aliphatic rings. The number of aromatic nitrogens is 2. The molecule has 1 aromatic carbocycles. The lowest BCUT2D eigenvalue weighted by Gasteiger charge is -2.32. The van der Waals surface area contributed by atoms with Crippen LogP contribution in [0.25, 0.3) is 0 Å². The van der Waals surface area contributed by atoms with E-state index in [0.29, 0.717) is 29.1 Å². The van der Waals surface area contributed by atoms with E-state index in [0.717, 1.165) is 43.2 Å². The van der Waals surface area contributed by atoms with Gasteiger partial charge in [0.15, 0.2) is 11.5 Å². The lowest BCUT2D eigenvalue weighted by Crippen LogP contribution is -2.41. The van der Waals surface area contributed by atoms with Gasteiger partial charge in [0.25, 0.3) is 0 Å². The minimum atomic E-state index is -3.50. The van der Waals surface area contributed by atoms with E-state index < -0.39 is 21.5 Å². The monoisotopic (exact) mass is 485 g/mol. The van der Waals surface area contributed by atoms with E-state index in [1.807, 2.05) is 13.8 Å². The number of hydrogen-bond acceptors (Lipinski definition) is 8. The molecule has 182 valence electrons. The van der Waals surface area contributed by atoms with Gasteiger partial charge in [-0.05, 0) is 63.9 Å². The number of sulfonamides is 1. The minimum Gasteiger partial charge on any atom is -0.463 e. The van der Waals surface area contributed by atoms with Gasteiger partial charge in [-0.15, -0.1) is 0 Å².